The first-order valence-corrected chi connectivity index (χ1v) is 4.70. The minimum absolute atomic E-state index is 0.201. The van der Waals surface area contributed by atoms with E-state index in [9.17, 15) is 14.8 Å². The SMILES string of the molecule is CC1(C)C2=C(C(=O)OC2=O)C(C)(C)N1[O]. The van der Waals surface area contributed by atoms with Crippen molar-refractivity contribution in [3.63, 3.8) is 0 Å². The van der Waals surface area contributed by atoms with Crippen LogP contribution >= 0.6 is 0 Å². The van der Waals surface area contributed by atoms with Gasteiger partial charge in [-0.25, -0.2) is 9.59 Å². The summed E-state index contributed by atoms with van der Waals surface area (Å²) >= 11 is 0. The number of hydrogen-bond acceptors (Lipinski definition) is 4. The standard InChI is InChI=1S/C10H12NO4/c1-9(2)5-6(8(13)15-7(5)12)10(3,4)11(9)14/h1-4H3. The van der Waals surface area contributed by atoms with Crippen molar-refractivity contribution in [2.75, 3.05) is 0 Å². The smallest absolute Gasteiger partial charge is 0.344 e. The summed E-state index contributed by atoms with van der Waals surface area (Å²) in [5, 5.41) is 12.7. The highest BCUT2D eigenvalue weighted by atomic mass is 16.6. The molecule has 0 amide bonds. The first-order valence-electron chi connectivity index (χ1n) is 4.70. The van der Waals surface area contributed by atoms with Crippen molar-refractivity contribution in [2.24, 2.45) is 0 Å². The van der Waals surface area contributed by atoms with Crippen molar-refractivity contribution >= 4 is 11.9 Å². The van der Waals surface area contributed by atoms with Gasteiger partial charge in [0.15, 0.2) is 0 Å². The first-order chi connectivity index (χ1) is 6.70. The zero-order valence-corrected chi connectivity index (χ0v) is 9.08. The molecule has 2 rings (SSSR count). The van der Waals surface area contributed by atoms with E-state index in [1.165, 1.54) is 0 Å². The molecule has 0 saturated carbocycles. The fraction of sp³-hybridized carbons (Fsp3) is 0.600. The van der Waals surface area contributed by atoms with Crippen molar-refractivity contribution in [1.29, 1.82) is 0 Å². The third-order valence-electron chi connectivity index (χ3n) is 3.08. The van der Waals surface area contributed by atoms with Gasteiger partial charge in [0.05, 0.1) is 22.2 Å². The van der Waals surface area contributed by atoms with E-state index >= 15 is 0 Å². The van der Waals surface area contributed by atoms with Gasteiger partial charge in [-0.1, -0.05) is 0 Å². The minimum atomic E-state index is -0.998. The van der Waals surface area contributed by atoms with Gasteiger partial charge in [0.2, 0.25) is 0 Å². The normalized spacial score (nSPS) is 28.3. The van der Waals surface area contributed by atoms with E-state index in [0.717, 1.165) is 5.06 Å². The maximum Gasteiger partial charge on any atom is 0.344 e. The van der Waals surface area contributed by atoms with Crippen LogP contribution in [-0.4, -0.2) is 28.1 Å². The molecule has 1 radical (unpaired) electrons. The van der Waals surface area contributed by atoms with Gasteiger partial charge >= 0.3 is 11.9 Å². The molecule has 0 bridgehead atoms. The molecule has 15 heavy (non-hydrogen) atoms. The van der Waals surface area contributed by atoms with E-state index in [4.69, 9.17) is 0 Å². The van der Waals surface area contributed by atoms with Crippen LogP contribution < -0.4 is 0 Å². The largest absolute Gasteiger partial charge is 0.386 e. The Hall–Kier alpha value is -1.20. The Morgan fingerprint density at radius 2 is 1.27 bits per heavy atom. The molecule has 0 unspecified atom stereocenters. The van der Waals surface area contributed by atoms with E-state index < -0.39 is 23.0 Å². The third kappa shape index (κ3) is 0.992. The Bertz CT molecular complexity index is 370. The van der Waals surface area contributed by atoms with Crippen LogP contribution in [0.4, 0.5) is 0 Å². The molecular weight excluding hydrogens is 198 g/mol. The van der Waals surface area contributed by atoms with Crippen LogP contribution in [0.3, 0.4) is 0 Å². The van der Waals surface area contributed by atoms with Crippen LogP contribution in [0.1, 0.15) is 27.7 Å². The lowest BCUT2D eigenvalue weighted by Crippen LogP contribution is -2.50. The third-order valence-corrected chi connectivity index (χ3v) is 3.08. The Morgan fingerprint density at radius 3 is 1.60 bits per heavy atom. The maximum absolute atomic E-state index is 12.0. The first kappa shape index (κ1) is 10.3. The second-order valence-electron chi connectivity index (χ2n) is 4.84. The van der Waals surface area contributed by atoms with Crippen molar-refractivity contribution in [3.05, 3.63) is 11.1 Å². The van der Waals surface area contributed by atoms with Crippen LogP contribution in [0.5, 0.6) is 0 Å². The second kappa shape index (κ2) is 2.48. The summed E-state index contributed by atoms with van der Waals surface area (Å²) in [4.78, 5) is 22.9. The lowest BCUT2D eigenvalue weighted by molar-refractivity contribution is -0.242. The van der Waals surface area contributed by atoms with E-state index in [0.29, 0.717) is 0 Å². The van der Waals surface area contributed by atoms with Crippen molar-refractivity contribution in [1.82, 2.24) is 5.06 Å². The highest BCUT2D eigenvalue weighted by molar-refractivity contribution is 6.15. The number of carbonyl (C=O) groups excluding carboxylic acids is 2. The number of nitrogens with zero attached hydrogens (tertiary/aromatic N) is 1. The zero-order valence-electron chi connectivity index (χ0n) is 9.08. The highest BCUT2D eigenvalue weighted by Crippen LogP contribution is 2.47. The fourth-order valence-electron chi connectivity index (χ4n) is 2.40. The second-order valence-corrected chi connectivity index (χ2v) is 4.84. The van der Waals surface area contributed by atoms with E-state index in [-0.39, 0.29) is 11.1 Å². The monoisotopic (exact) mass is 210 g/mol. The predicted molar refractivity (Wildman–Crippen MR) is 48.8 cm³/mol. The van der Waals surface area contributed by atoms with Gasteiger partial charge in [-0.3, -0.25) is 0 Å². The molecule has 0 aromatic carbocycles. The average Bonchev–Trinajstić information content (AvgIpc) is 2.45. The molecule has 0 aliphatic carbocycles. The van der Waals surface area contributed by atoms with Crippen LogP contribution in [0.15, 0.2) is 11.1 Å². The Morgan fingerprint density at radius 1 is 0.933 bits per heavy atom. The van der Waals surface area contributed by atoms with Crippen molar-refractivity contribution in [2.45, 2.75) is 38.8 Å². The van der Waals surface area contributed by atoms with Gasteiger partial charge in [-0.15, -0.1) is 10.3 Å². The lowest BCUT2D eigenvalue weighted by Gasteiger charge is -2.34. The number of ether oxygens (including phenoxy) is 1. The summed E-state index contributed by atoms with van der Waals surface area (Å²) in [7, 11) is 0. The number of rotatable bonds is 0. The zero-order chi connectivity index (χ0) is 11.6. The summed E-state index contributed by atoms with van der Waals surface area (Å²) in [6.07, 6.45) is 0. The summed E-state index contributed by atoms with van der Waals surface area (Å²) < 4.78 is 4.53. The molecule has 0 aromatic heterocycles. The summed E-state index contributed by atoms with van der Waals surface area (Å²) in [5.41, 5.74) is -1.59. The molecule has 5 nitrogen and oxygen atoms in total. The molecule has 2 aliphatic rings. The van der Waals surface area contributed by atoms with E-state index in [1.54, 1.807) is 27.7 Å². The van der Waals surface area contributed by atoms with Gasteiger partial charge < -0.3 is 4.74 Å². The lowest BCUT2D eigenvalue weighted by atomic mass is 9.92. The van der Waals surface area contributed by atoms with E-state index in [1.807, 2.05) is 0 Å². The average molecular weight is 210 g/mol. The molecule has 81 valence electrons. The summed E-state index contributed by atoms with van der Waals surface area (Å²) in [5.74, 6) is -1.38. The Balaban J connectivity index is 2.69. The van der Waals surface area contributed by atoms with Crippen molar-refractivity contribution < 1.29 is 19.5 Å². The van der Waals surface area contributed by atoms with Gasteiger partial charge in [0.1, 0.15) is 0 Å². The molecular formula is C10H12NO4. The quantitative estimate of drug-likeness (QED) is 0.433. The summed E-state index contributed by atoms with van der Waals surface area (Å²) in [6, 6.07) is 0. The van der Waals surface area contributed by atoms with E-state index in [2.05, 4.69) is 4.74 Å². The van der Waals surface area contributed by atoms with Gasteiger partial charge in [-0.05, 0) is 27.7 Å². The molecule has 0 fully saturated rings. The fourth-order valence-corrected chi connectivity index (χ4v) is 2.40. The van der Waals surface area contributed by atoms with Gasteiger partial charge in [-0.2, -0.15) is 0 Å². The maximum atomic E-state index is 12.0. The number of hydrogen-bond donors (Lipinski definition) is 0. The van der Waals surface area contributed by atoms with Crippen LogP contribution in [-0.2, 0) is 19.5 Å². The minimum Gasteiger partial charge on any atom is -0.386 e. The van der Waals surface area contributed by atoms with Crippen molar-refractivity contribution in [3.8, 4) is 0 Å². The molecule has 0 aromatic rings. The van der Waals surface area contributed by atoms with Crippen LogP contribution in [0.25, 0.3) is 0 Å². The molecule has 2 aliphatic heterocycles. The predicted octanol–water partition coefficient (Wildman–Crippen LogP) is 0.585. The van der Waals surface area contributed by atoms with Crippen LogP contribution in [0.2, 0.25) is 0 Å². The Labute approximate surface area is 87.3 Å². The molecule has 0 spiro atoms. The molecule has 0 saturated heterocycles. The molecule has 5 heteroatoms. The van der Waals surface area contributed by atoms with Gasteiger partial charge in [0.25, 0.3) is 0 Å². The number of esters is 2. The molecule has 0 N–H and O–H groups in total. The molecule has 0 atom stereocenters. The van der Waals surface area contributed by atoms with Crippen LogP contribution in [0, 0.1) is 0 Å². The number of cyclic esters (lactones) is 2. The molecule has 2 heterocycles. The Kier molecular flexibility index (Phi) is 1.71. The number of carbonyl (C=O) groups is 2. The van der Waals surface area contributed by atoms with Gasteiger partial charge in [0, 0.05) is 0 Å². The summed E-state index contributed by atoms with van der Waals surface area (Å²) in [6.45, 7) is 6.46. The topological polar surface area (TPSA) is 66.5 Å². The number of hydroxylamine groups is 2. The highest BCUT2D eigenvalue weighted by Gasteiger charge is 2.60.